The van der Waals surface area contributed by atoms with E-state index in [0.717, 1.165) is 0 Å². The first kappa shape index (κ1) is 12.5. The van der Waals surface area contributed by atoms with Crippen LogP contribution in [0.2, 0.25) is 5.02 Å². The number of aliphatic hydroxyl groups is 1. The number of aromatic nitrogens is 2. The van der Waals surface area contributed by atoms with Crippen LogP contribution in [0.1, 0.15) is 38.9 Å². The standard InChI is InChI=1S/C10H18ClN3O/c1-7(2)14-9(8(11)6-13-14)10(3,15)4-5-12/h6-7,15H,4-5,12H2,1-3H3. The highest BCUT2D eigenvalue weighted by Crippen LogP contribution is 2.31. The SMILES string of the molecule is CC(C)n1ncc(Cl)c1C(C)(O)CCN. The number of nitrogens with zero attached hydrogens (tertiary/aromatic N) is 2. The maximum atomic E-state index is 10.3. The predicted octanol–water partition coefficient (Wildman–Crippen LogP) is 1.67. The number of hydrogen-bond donors (Lipinski definition) is 2. The first-order chi connectivity index (χ1) is 6.90. The Hall–Kier alpha value is -0.580. The molecular weight excluding hydrogens is 214 g/mol. The van der Waals surface area contributed by atoms with Gasteiger partial charge in [-0.05, 0) is 33.7 Å². The first-order valence-electron chi connectivity index (χ1n) is 5.06. The second-order valence-electron chi connectivity index (χ2n) is 4.19. The zero-order valence-corrected chi connectivity index (χ0v) is 10.1. The van der Waals surface area contributed by atoms with Crippen molar-refractivity contribution in [1.82, 2.24) is 9.78 Å². The molecule has 0 radical (unpaired) electrons. The second-order valence-corrected chi connectivity index (χ2v) is 4.60. The molecule has 0 spiro atoms. The van der Waals surface area contributed by atoms with E-state index in [9.17, 15) is 5.11 Å². The zero-order valence-electron chi connectivity index (χ0n) is 9.37. The Morgan fingerprint density at radius 3 is 2.73 bits per heavy atom. The van der Waals surface area contributed by atoms with Crippen LogP contribution in [-0.4, -0.2) is 21.4 Å². The quantitative estimate of drug-likeness (QED) is 0.829. The number of nitrogens with two attached hydrogens (primary N) is 1. The van der Waals surface area contributed by atoms with Gasteiger partial charge in [0.1, 0.15) is 5.60 Å². The molecule has 5 heteroatoms. The average Bonchev–Trinajstić information content (AvgIpc) is 2.47. The normalized spacial score (nSPS) is 15.7. The Kier molecular flexibility index (Phi) is 3.76. The van der Waals surface area contributed by atoms with Gasteiger partial charge in [-0.1, -0.05) is 11.6 Å². The fourth-order valence-electron chi connectivity index (χ4n) is 1.64. The van der Waals surface area contributed by atoms with E-state index in [-0.39, 0.29) is 6.04 Å². The zero-order chi connectivity index (χ0) is 11.6. The molecule has 1 aromatic heterocycles. The molecule has 1 unspecified atom stereocenters. The Labute approximate surface area is 95.0 Å². The van der Waals surface area contributed by atoms with Crippen LogP contribution in [0.25, 0.3) is 0 Å². The molecule has 1 rings (SSSR count). The van der Waals surface area contributed by atoms with Crippen molar-refractivity contribution in [2.24, 2.45) is 5.73 Å². The van der Waals surface area contributed by atoms with E-state index < -0.39 is 5.60 Å². The summed E-state index contributed by atoms with van der Waals surface area (Å²) in [6.07, 6.45) is 2.02. The van der Waals surface area contributed by atoms with E-state index in [1.807, 2.05) is 13.8 Å². The molecule has 0 aliphatic heterocycles. The fourth-order valence-corrected chi connectivity index (χ4v) is 1.97. The lowest BCUT2D eigenvalue weighted by molar-refractivity contribution is 0.0398. The highest BCUT2D eigenvalue weighted by molar-refractivity contribution is 6.31. The summed E-state index contributed by atoms with van der Waals surface area (Å²) in [5.74, 6) is 0. The van der Waals surface area contributed by atoms with Gasteiger partial charge >= 0.3 is 0 Å². The molecule has 0 aliphatic rings. The monoisotopic (exact) mass is 231 g/mol. The van der Waals surface area contributed by atoms with Crippen LogP contribution in [0.3, 0.4) is 0 Å². The van der Waals surface area contributed by atoms with E-state index in [2.05, 4.69) is 5.10 Å². The summed E-state index contributed by atoms with van der Waals surface area (Å²) in [6.45, 7) is 6.10. The average molecular weight is 232 g/mol. The van der Waals surface area contributed by atoms with Gasteiger partial charge < -0.3 is 10.8 Å². The van der Waals surface area contributed by atoms with Crippen LogP contribution in [0.15, 0.2) is 6.20 Å². The maximum absolute atomic E-state index is 10.3. The largest absolute Gasteiger partial charge is 0.384 e. The highest BCUT2D eigenvalue weighted by atomic mass is 35.5. The summed E-state index contributed by atoms with van der Waals surface area (Å²) in [7, 11) is 0. The van der Waals surface area contributed by atoms with Crippen LogP contribution in [0, 0.1) is 0 Å². The minimum Gasteiger partial charge on any atom is -0.384 e. The summed E-state index contributed by atoms with van der Waals surface area (Å²) in [5, 5.41) is 14.9. The lowest BCUT2D eigenvalue weighted by Gasteiger charge is -2.25. The minimum absolute atomic E-state index is 0.164. The molecule has 15 heavy (non-hydrogen) atoms. The molecule has 0 bridgehead atoms. The Morgan fingerprint density at radius 2 is 2.27 bits per heavy atom. The van der Waals surface area contributed by atoms with Crippen molar-refractivity contribution >= 4 is 11.6 Å². The lowest BCUT2D eigenvalue weighted by Crippen LogP contribution is -2.29. The smallest absolute Gasteiger partial charge is 0.106 e. The maximum Gasteiger partial charge on any atom is 0.106 e. The van der Waals surface area contributed by atoms with Crippen molar-refractivity contribution in [2.45, 2.75) is 38.8 Å². The third kappa shape index (κ3) is 2.51. The third-order valence-electron chi connectivity index (χ3n) is 2.38. The fraction of sp³-hybridized carbons (Fsp3) is 0.700. The van der Waals surface area contributed by atoms with Gasteiger partial charge in [-0.3, -0.25) is 4.68 Å². The minimum atomic E-state index is -1.02. The van der Waals surface area contributed by atoms with Gasteiger partial charge in [0, 0.05) is 6.04 Å². The summed E-state index contributed by atoms with van der Waals surface area (Å²) in [5.41, 5.74) is 5.09. The van der Waals surface area contributed by atoms with Gasteiger partial charge in [0.25, 0.3) is 0 Å². The van der Waals surface area contributed by atoms with E-state index >= 15 is 0 Å². The molecule has 0 saturated heterocycles. The van der Waals surface area contributed by atoms with Crippen LogP contribution in [0.5, 0.6) is 0 Å². The van der Waals surface area contributed by atoms with E-state index in [0.29, 0.717) is 23.7 Å². The summed E-state index contributed by atoms with van der Waals surface area (Å²) >= 11 is 6.03. The molecule has 86 valence electrons. The molecule has 0 amide bonds. The van der Waals surface area contributed by atoms with Crippen LogP contribution in [0.4, 0.5) is 0 Å². The van der Waals surface area contributed by atoms with E-state index in [1.165, 1.54) is 0 Å². The summed E-state index contributed by atoms with van der Waals surface area (Å²) in [4.78, 5) is 0. The van der Waals surface area contributed by atoms with Crippen molar-refractivity contribution in [1.29, 1.82) is 0 Å². The Morgan fingerprint density at radius 1 is 1.67 bits per heavy atom. The van der Waals surface area contributed by atoms with Gasteiger partial charge in [-0.15, -0.1) is 0 Å². The van der Waals surface area contributed by atoms with Gasteiger partial charge in [0.2, 0.25) is 0 Å². The third-order valence-corrected chi connectivity index (χ3v) is 2.66. The number of rotatable bonds is 4. The molecule has 0 aromatic carbocycles. The Balaban J connectivity index is 3.16. The summed E-state index contributed by atoms with van der Waals surface area (Å²) in [6, 6.07) is 0.164. The van der Waals surface area contributed by atoms with Crippen molar-refractivity contribution in [2.75, 3.05) is 6.54 Å². The molecule has 0 aliphatic carbocycles. The van der Waals surface area contributed by atoms with Gasteiger partial charge in [-0.2, -0.15) is 5.10 Å². The number of halogens is 1. The van der Waals surface area contributed by atoms with Crippen LogP contribution in [-0.2, 0) is 5.60 Å². The molecule has 0 saturated carbocycles. The highest BCUT2D eigenvalue weighted by Gasteiger charge is 2.30. The van der Waals surface area contributed by atoms with E-state index in [1.54, 1.807) is 17.8 Å². The predicted molar refractivity (Wildman–Crippen MR) is 60.9 cm³/mol. The van der Waals surface area contributed by atoms with Crippen molar-refractivity contribution in [3.05, 3.63) is 16.9 Å². The van der Waals surface area contributed by atoms with Gasteiger partial charge in [-0.25, -0.2) is 0 Å². The van der Waals surface area contributed by atoms with Gasteiger partial charge in [0.05, 0.1) is 16.9 Å². The summed E-state index contributed by atoms with van der Waals surface area (Å²) < 4.78 is 1.73. The second kappa shape index (κ2) is 4.51. The molecular formula is C10H18ClN3O. The molecule has 4 nitrogen and oxygen atoms in total. The molecule has 1 aromatic rings. The lowest BCUT2D eigenvalue weighted by atomic mass is 9.98. The Bertz CT molecular complexity index is 333. The first-order valence-corrected chi connectivity index (χ1v) is 5.44. The number of hydrogen-bond acceptors (Lipinski definition) is 3. The van der Waals surface area contributed by atoms with Crippen LogP contribution >= 0.6 is 11.6 Å². The van der Waals surface area contributed by atoms with Crippen molar-refractivity contribution < 1.29 is 5.11 Å². The van der Waals surface area contributed by atoms with Gasteiger partial charge in [0.15, 0.2) is 0 Å². The molecule has 1 atom stereocenters. The van der Waals surface area contributed by atoms with Crippen molar-refractivity contribution in [3.63, 3.8) is 0 Å². The molecule has 3 N–H and O–H groups in total. The van der Waals surface area contributed by atoms with E-state index in [4.69, 9.17) is 17.3 Å². The van der Waals surface area contributed by atoms with Crippen molar-refractivity contribution in [3.8, 4) is 0 Å². The molecule has 0 fully saturated rings. The molecule has 1 heterocycles. The topological polar surface area (TPSA) is 64.1 Å². The van der Waals surface area contributed by atoms with Crippen LogP contribution < -0.4 is 5.73 Å².